The third-order valence-corrected chi connectivity index (χ3v) is 11.1. The van der Waals surface area contributed by atoms with Crippen LogP contribution in [0.2, 0.25) is 0 Å². The first-order valence-electron chi connectivity index (χ1n) is 19.0. The van der Waals surface area contributed by atoms with Gasteiger partial charge in [0.15, 0.2) is 0 Å². The van der Waals surface area contributed by atoms with Gasteiger partial charge in [0.05, 0.1) is 37.3 Å². The van der Waals surface area contributed by atoms with Crippen molar-refractivity contribution >= 4 is 40.7 Å². The van der Waals surface area contributed by atoms with Crippen molar-refractivity contribution in [2.75, 3.05) is 27.3 Å². The number of methoxy groups -OCH3 is 2. The van der Waals surface area contributed by atoms with Crippen LogP contribution in [0.5, 0.6) is 0 Å². The third-order valence-electron chi connectivity index (χ3n) is 11.1. The summed E-state index contributed by atoms with van der Waals surface area (Å²) in [6.07, 6.45) is 5.69. The maximum Gasteiger partial charge on any atom is 0.407 e. The zero-order valence-corrected chi connectivity index (χ0v) is 32.6. The van der Waals surface area contributed by atoms with E-state index in [1.165, 1.54) is 14.2 Å². The topological polar surface area (TPSA) is 158 Å². The fraction of sp³-hybridized carbons (Fsp3) is 0.452. The summed E-state index contributed by atoms with van der Waals surface area (Å²) in [4.78, 5) is 63.8. The highest BCUT2D eigenvalue weighted by atomic mass is 16.5. The van der Waals surface area contributed by atoms with Gasteiger partial charge in [-0.25, -0.2) is 14.6 Å². The van der Waals surface area contributed by atoms with Gasteiger partial charge in [-0.1, -0.05) is 83.3 Å². The molecule has 2 aromatic carbocycles. The molecule has 3 aliphatic rings. The van der Waals surface area contributed by atoms with Crippen LogP contribution in [0.4, 0.5) is 9.59 Å². The van der Waals surface area contributed by atoms with Crippen LogP contribution in [0.25, 0.3) is 27.9 Å². The van der Waals surface area contributed by atoms with Gasteiger partial charge in [-0.15, -0.1) is 0 Å². The number of fused-ring (bicyclic) bond motifs is 3. The Labute approximate surface area is 322 Å². The van der Waals surface area contributed by atoms with E-state index in [0.717, 1.165) is 52.8 Å². The highest BCUT2D eigenvalue weighted by Crippen LogP contribution is 2.47. The molecule has 292 valence electrons. The maximum absolute atomic E-state index is 14.0. The molecule has 1 aliphatic carbocycles. The van der Waals surface area contributed by atoms with Gasteiger partial charge in [0.1, 0.15) is 17.9 Å². The molecule has 2 aliphatic heterocycles. The number of benzene rings is 2. The van der Waals surface area contributed by atoms with Crippen LogP contribution in [0.15, 0.2) is 73.5 Å². The zero-order chi connectivity index (χ0) is 39.6. The van der Waals surface area contributed by atoms with Crippen LogP contribution < -0.4 is 16.0 Å². The molecule has 13 heteroatoms. The average Bonchev–Trinajstić information content (AvgIpc) is 3.93. The number of alkyl carbamates (subject to hydrolysis) is 2. The number of likely N-dealkylation sites (tertiary alicyclic amines) is 1. The molecule has 4 N–H and O–H groups in total. The third kappa shape index (κ3) is 8.25. The molecule has 3 heterocycles. The molecule has 4 amide bonds. The van der Waals surface area contributed by atoms with E-state index in [1.54, 1.807) is 4.90 Å². The molecule has 0 spiro atoms. The van der Waals surface area contributed by atoms with E-state index >= 15 is 0 Å². The minimum absolute atomic E-state index is 0.110. The van der Waals surface area contributed by atoms with Crippen LogP contribution in [-0.2, 0) is 19.1 Å². The molecule has 6 atom stereocenters. The average molecular weight is 752 g/mol. The summed E-state index contributed by atoms with van der Waals surface area (Å²) in [5.41, 5.74) is 5.79. The van der Waals surface area contributed by atoms with Crippen molar-refractivity contribution in [1.29, 1.82) is 0 Å². The summed E-state index contributed by atoms with van der Waals surface area (Å²) < 4.78 is 9.57. The van der Waals surface area contributed by atoms with Crippen molar-refractivity contribution < 1.29 is 28.7 Å². The number of nitrogens with one attached hydrogen (secondary N) is 4. The van der Waals surface area contributed by atoms with E-state index in [4.69, 9.17) is 14.5 Å². The quantitative estimate of drug-likeness (QED) is 0.161. The highest BCUT2D eigenvalue weighted by molar-refractivity contribution is 5.88. The number of amides is 4. The van der Waals surface area contributed by atoms with E-state index in [1.807, 2.05) is 81.1 Å². The summed E-state index contributed by atoms with van der Waals surface area (Å²) in [5.74, 6) is 0.897. The molecular weight excluding hydrogens is 699 g/mol. The number of piperidine rings is 1. The summed E-state index contributed by atoms with van der Waals surface area (Å²) in [5, 5.41) is 8.71. The fourth-order valence-electron chi connectivity index (χ4n) is 8.17. The lowest BCUT2D eigenvalue weighted by Crippen LogP contribution is -2.54. The van der Waals surface area contributed by atoms with Gasteiger partial charge in [-0.3, -0.25) is 9.59 Å². The van der Waals surface area contributed by atoms with E-state index in [-0.39, 0.29) is 35.6 Å². The molecule has 2 bridgehead atoms. The van der Waals surface area contributed by atoms with Crippen molar-refractivity contribution in [2.45, 2.75) is 71.1 Å². The number of H-pyrrole nitrogens is 1. The fourth-order valence-corrected chi connectivity index (χ4v) is 8.17. The second-order valence-electron chi connectivity index (χ2n) is 15.5. The van der Waals surface area contributed by atoms with Gasteiger partial charge in [0.2, 0.25) is 11.8 Å². The number of aromatic amines is 1. The predicted octanol–water partition coefficient (Wildman–Crippen LogP) is 6.13. The van der Waals surface area contributed by atoms with Crippen molar-refractivity contribution in [1.82, 2.24) is 35.7 Å². The smallest absolute Gasteiger partial charge is 0.407 e. The van der Waals surface area contributed by atoms with Gasteiger partial charge in [0, 0.05) is 24.5 Å². The van der Waals surface area contributed by atoms with Crippen molar-refractivity contribution in [3.8, 4) is 11.1 Å². The van der Waals surface area contributed by atoms with Gasteiger partial charge in [0.25, 0.3) is 0 Å². The van der Waals surface area contributed by atoms with E-state index in [9.17, 15) is 19.2 Å². The van der Waals surface area contributed by atoms with Crippen molar-refractivity contribution in [3.63, 3.8) is 0 Å². The lowest BCUT2D eigenvalue weighted by atomic mass is 9.88. The number of ether oxygens (including phenoxy) is 2. The number of hydrogen-bond acceptors (Lipinski definition) is 8. The van der Waals surface area contributed by atoms with Gasteiger partial charge < -0.3 is 40.2 Å². The maximum atomic E-state index is 14.0. The minimum Gasteiger partial charge on any atom is -0.453 e. The standard InChI is InChI=1S/C42H53N7O6/c1-23(2)35(46-41(52)54-7)39(50)48-19-9-10-34(48)26(6)43-25(5)28-13-15-29(16-14-28)30-17-18-32-33(21-30)45-38(44-32)37-31-12-11-27(20-31)22-49(37)40(51)36(24(3)4)47-42(53)55-8/h9-10,13-18,21,23-24,27,31,34-37,43H,5-6,11-12,19-20,22H2,1-4,7-8H3,(H,44,45)(H,46,52)(H,47,53)/t27?,31?,34-,35-,36-,37-/m0/s1. The lowest BCUT2D eigenvalue weighted by molar-refractivity contribution is -0.140. The summed E-state index contributed by atoms with van der Waals surface area (Å²) in [6, 6.07) is 12.1. The first-order chi connectivity index (χ1) is 26.3. The summed E-state index contributed by atoms with van der Waals surface area (Å²) in [6.45, 7) is 17.1. The number of hydrogen-bond donors (Lipinski definition) is 4. The molecule has 13 nitrogen and oxygen atoms in total. The van der Waals surface area contributed by atoms with Crippen LogP contribution in [0.3, 0.4) is 0 Å². The highest BCUT2D eigenvalue weighted by Gasteiger charge is 2.46. The van der Waals surface area contributed by atoms with Crippen LogP contribution >= 0.6 is 0 Å². The normalized spacial score (nSPS) is 21.4. The molecule has 2 unspecified atom stereocenters. The Morgan fingerprint density at radius 3 is 2.09 bits per heavy atom. The van der Waals surface area contributed by atoms with Gasteiger partial charge in [-0.2, -0.15) is 0 Å². The Kier molecular flexibility index (Phi) is 11.7. The second-order valence-corrected chi connectivity index (χ2v) is 15.5. The zero-order valence-electron chi connectivity index (χ0n) is 32.6. The molecule has 1 saturated carbocycles. The Morgan fingerprint density at radius 1 is 0.855 bits per heavy atom. The van der Waals surface area contributed by atoms with E-state index < -0.39 is 30.3 Å². The van der Waals surface area contributed by atoms with Gasteiger partial charge in [-0.05, 0) is 71.8 Å². The molecule has 1 aromatic heterocycles. The number of rotatable bonds is 12. The van der Waals surface area contributed by atoms with Gasteiger partial charge >= 0.3 is 12.2 Å². The summed E-state index contributed by atoms with van der Waals surface area (Å²) >= 11 is 0. The Balaban J connectivity index is 1.15. The predicted molar refractivity (Wildman–Crippen MR) is 211 cm³/mol. The van der Waals surface area contributed by atoms with E-state index in [0.29, 0.717) is 30.4 Å². The first kappa shape index (κ1) is 39.1. The molecule has 1 saturated heterocycles. The van der Waals surface area contributed by atoms with Crippen molar-refractivity contribution in [3.05, 3.63) is 84.9 Å². The molecule has 55 heavy (non-hydrogen) atoms. The molecule has 2 fully saturated rings. The lowest BCUT2D eigenvalue weighted by Gasteiger charge is -2.41. The summed E-state index contributed by atoms with van der Waals surface area (Å²) in [7, 11) is 2.57. The Morgan fingerprint density at radius 2 is 1.47 bits per heavy atom. The van der Waals surface area contributed by atoms with E-state index in [2.05, 4.69) is 40.2 Å². The SMILES string of the molecule is C=C(NC(=C)[C@@H]1C=CCN1C(=O)[C@@H](NC(=O)OC)C(C)C)c1ccc(-c2ccc3nc([C@@H]4C5CCC(C5)CN4C(=O)[C@@H](NC(=O)OC)C(C)C)[nH]c3c2)cc1. The Hall–Kier alpha value is -5.59. The number of carbonyl (C=O) groups is 4. The number of imidazole rings is 1. The number of nitrogens with zero attached hydrogens (tertiary/aromatic N) is 3. The minimum atomic E-state index is -0.744. The van der Waals surface area contributed by atoms with Crippen LogP contribution in [-0.4, -0.2) is 89.2 Å². The first-order valence-corrected chi connectivity index (χ1v) is 19.0. The monoisotopic (exact) mass is 751 g/mol. The van der Waals surface area contributed by atoms with Crippen LogP contribution in [0.1, 0.15) is 64.4 Å². The largest absolute Gasteiger partial charge is 0.453 e. The second kappa shape index (κ2) is 16.4. The van der Waals surface area contributed by atoms with Crippen molar-refractivity contribution in [2.24, 2.45) is 23.7 Å². The number of aromatic nitrogens is 2. The molecule has 6 rings (SSSR count). The number of carbonyl (C=O) groups excluding carboxylic acids is 4. The molecular formula is C42H53N7O6. The Bertz CT molecular complexity index is 1980. The van der Waals surface area contributed by atoms with Crippen LogP contribution in [0, 0.1) is 23.7 Å². The molecule has 0 radical (unpaired) electrons. The molecule has 3 aromatic rings.